The van der Waals surface area contributed by atoms with Gasteiger partial charge in [-0.25, -0.2) is 9.59 Å². The van der Waals surface area contributed by atoms with Crippen LogP contribution >= 0.6 is 11.9 Å². The maximum atomic E-state index is 10.8. The number of rotatable bonds is 2. The Bertz CT molecular complexity index is 215. The van der Waals surface area contributed by atoms with Gasteiger partial charge in [-0.05, 0) is 24.8 Å². The van der Waals surface area contributed by atoms with Crippen LogP contribution in [-0.4, -0.2) is 22.6 Å². The number of hydrogen-bond donors (Lipinski definition) is 2. The van der Waals surface area contributed by atoms with Crippen LogP contribution < -0.4 is 4.72 Å². The molecule has 6 heteroatoms. The summed E-state index contributed by atoms with van der Waals surface area (Å²) in [5.74, 6) is 0. The summed E-state index contributed by atoms with van der Waals surface area (Å²) < 4.78 is 6.25. The van der Waals surface area contributed by atoms with Gasteiger partial charge in [0, 0.05) is 5.25 Å². The number of nitrogens with one attached hydrogen (secondary N) is 1. The summed E-state index contributed by atoms with van der Waals surface area (Å²) in [6.07, 6.45) is 3.24. The molecule has 80 valence electrons. The first kappa shape index (κ1) is 11.2. The molecular formula is C8H13NO4S. The van der Waals surface area contributed by atoms with Crippen molar-refractivity contribution in [3.63, 3.8) is 0 Å². The Morgan fingerprint density at radius 2 is 1.93 bits per heavy atom. The second-order valence-corrected chi connectivity index (χ2v) is 4.24. The van der Waals surface area contributed by atoms with E-state index >= 15 is 0 Å². The molecule has 1 aliphatic rings. The SMILES string of the molecule is O=C(O)OC(=O)NSC1CCCCC1. The molecule has 0 spiro atoms. The van der Waals surface area contributed by atoms with Crippen LogP contribution in [0.1, 0.15) is 32.1 Å². The first-order valence-corrected chi connectivity index (χ1v) is 5.43. The number of carbonyl (C=O) groups excluding carboxylic acids is 1. The predicted molar refractivity (Wildman–Crippen MR) is 52.1 cm³/mol. The van der Waals surface area contributed by atoms with Crippen LogP contribution in [0, 0.1) is 0 Å². The molecule has 1 rings (SSSR count). The Morgan fingerprint density at radius 1 is 1.29 bits per heavy atom. The van der Waals surface area contributed by atoms with E-state index < -0.39 is 12.2 Å². The third-order valence-electron chi connectivity index (χ3n) is 2.04. The molecule has 1 fully saturated rings. The van der Waals surface area contributed by atoms with Crippen LogP contribution in [0.5, 0.6) is 0 Å². The molecule has 2 N–H and O–H groups in total. The monoisotopic (exact) mass is 219 g/mol. The van der Waals surface area contributed by atoms with Gasteiger partial charge in [-0.1, -0.05) is 19.3 Å². The van der Waals surface area contributed by atoms with Gasteiger partial charge in [0.15, 0.2) is 0 Å². The normalized spacial score (nSPS) is 17.4. The Morgan fingerprint density at radius 3 is 2.50 bits per heavy atom. The highest BCUT2D eigenvalue weighted by molar-refractivity contribution is 7.98. The minimum absolute atomic E-state index is 0.394. The van der Waals surface area contributed by atoms with Crippen molar-refractivity contribution in [2.75, 3.05) is 0 Å². The highest BCUT2D eigenvalue weighted by Crippen LogP contribution is 2.26. The van der Waals surface area contributed by atoms with Crippen LogP contribution in [0.4, 0.5) is 9.59 Å². The van der Waals surface area contributed by atoms with E-state index in [4.69, 9.17) is 5.11 Å². The topological polar surface area (TPSA) is 75.6 Å². The number of amides is 1. The Balaban J connectivity index is 2.12. The van der Waals surface area contributed by atoms with E-state index in [1.807, 2.05) is 0 Å². The number of ether oxygens (including phenoxy) is 1. The Labute approximate surface area is 86.3 Å². The lowest BCUT2D eigenvalue weighted by Crippen LogP contribution is -2.24. The molecule has 0 heterocycles. The number of carbonyl (C=O) groups is 2. The van der Waals surface area contributed by atoms with Crippen molar-refractivity contribution in [2.45, 2.75) is 37.4 Å². The van der Waals surface area contributed by atoms with Gasteiger partial charge in [-0.3, -0.25) is 4.72 Å². The van der Waals surface area contributed by atoms with Crippen molar-refractivity contribution >= 4 is 24.2 Å². The zero-order chi connectivity index (χ0) is 10.4. The molecule has 1 aliphatic carbocycles. The predicted octanol–water partition coefficient (Wildman–Crippen LogP) is 2.37. The van der Waals surface area contributed by atoms with Crippen LogP contribution in [0.2, 0.25) is 0 Å². The van der Waals surface area contributed by atoms with Gasteiger partial charge < -0.3 is 9.84 Å². The molecule has 0 radical (unpaired) electrons. The van der Waals surface area contributed by atoms with E-state index in [0.717, 1.165) is 12.8 Å². The zero-order valence-electron chi connectivity index (χ0n) is 7.69. The molecule has 5 nitrogen and oxygen atoms in total. The molecule has 0 aromatic rings. The molecule has 0 aromatic heterocycles. The molecule has 0 saturated heterocycles. The third-order valence-corrected chi connectivity index (χ3v) is 3.13. The second-order valence-electron chi connectivity index (χ2n) is 3.14. The Hall–Kier alpha value is -0.910. The van der Waals surface area contributed by atoms with Gasteiger partial charge in [-0.2, -0.15) is 0 Å². The molecule has 14 heavy (non-hydrogen) atoms. The van der Waals surface area contributed by atoms with Gasteiger partial charge in [0.2, 0.25) is 0 Å². The molecule has 0 aromatic carbocycles. The summed E-state index contributed by atoms with van der Waals surface area (Å²) in [7, 11) is 0. The summed E-state index contributed by atoms with van der Waals surface area (Å²) in [5, 5.41) is 8.52. The maximum absolute atomic E-state index is 10.8. The number of hydrogen-bond acceptors (Lipinski definition) is 4. The van der Waals surface area contributed by atoms with Gasteiger partial charge in [0.05, 0.1) is 0 Å². The van der Waals surface area contributed by atoms with Crippen LogP contribution in [0.25, 0.3) is 0 Å². The largest absolute Gasteiger partial charge is 0.514 e. The summed E-state index contributed by atoms with van der Waals surface area (Å²) in [5.41, 5.74) is 0. The minimum atomic E-state index is -1.58. The van der Waals surface area contributed by atoms with Gasteiger partial charge in [0.1, 0.15) is 0 Å². The fraction of sp³-hybridized carbons (Fsp3) is 0.750. The molecule has 0 bridgehead atoms. The van der Waals surface area contributed by atoms with E-state index in [1.54, 1.807) is 0 Å². The second kappa shape index (κ2) is 5.74. The molecule has 0 unspecified atom stereocenters. The van der Waals surface area contributed by atoms with E-state index in [2.05, 4.69) is 9.46 Å². The first-order chi connectivity index (χ1) is 6.68. The summed E-state index contributed by atoms with van der Waals surface area (Å²) in [6, 6.07) is 0. The summed E-state index contributed by atoms with van der Waals surface area (Å²) >= 11 is 1.26. The quantitative estimate of drug-likeness (QED) is 0.423. The number of carboxylic acid groups (broad SMARTS) is 1. The van der Waals surface area contributed by atoms with Gasteiger partial charge in [-0.15, -0.1) is 0 Å². The molecular weight excluding hydrogens is 206 g/mol. The van der Waals surface area contributed by atoms with Crippen molar-refractivity contribution in [3.05, 3.63) is 0 Å². The Kier molecular flexibility index (Phi) is 4.58. The average molecular weight is 219 g/mol. The van der Waals surface area contributed by atoms with Crippen LogP contribution in [0.3, 0.4) is 0 Å². The van der Waals surface area contributed by atoms with Crippen molar-refractivity contribution < 1.29 is 19.4 Å². The lowest BCUT2D eigenvalue weighted by molar-refractivity contribution is 0.112. The molecule has 1 amide bonds. The highest BCUT2D eigenvalue weighted by Gasteiger charge is 2.16. The lowest BCUT2D eigenvalue weighted by Gasteiger charge is -2.20. The van der Waals surface area contributed by atoms with E-state index in [9.17, 15) is 9.59 Å². The maximum Gasteiger partial charge on any atom is 0.514 e. The molecule has 1 saturated carbocycles. The van der Waals surface area contributed by atoms with Crippen molar-refractivity contribution in [2.24, 2.45) is 0 Å². The van der Waals surface area contributed by atoms with Crippen molar-refractivity contribution in [1.29, 1.82) is 0 Å². The summed E-state index contributed by atoms with van der Waals surface area (Å²) in [6.45, 7) is 0. The first-order valence-electron chi connectivity index (χ1n) is 4.55. The summed E-state index contributed by atoms with van der Waals surface area (Å²) in [4.78, 5) is 20.7. The third kappa shape index (κ3) is 4.36. The van der Waals surface area contributed by atoms with Gasteiger partial charge in [0.25, 0.3) is 0 Å². The molecule has 0 atom stereocenters. The van der Waals surface area contributed by atoms with Crippen LogP contribution in [-0.2, 0) is 4.74 Å². The van der Waals surface area contributed by atoms with Gasteiger partial charge >= 0.3 is 12.2 Å². The average Bonchev–Trinajstić information content (AvgIpc) is 2.15. The fourth-order valence-corrected chi connectivity index (χ4v) is 2.29. The zero-order valence-corrected chi connectivity index (χ0v) is 8.51. The standard InChI is InChI=1S/C8H13NO4S/c10-7(13-8(11)12)9-14-6-4-2-1-3-5-6/h6H,1-5H2,(H,9,10)(H,11,12). The lowest BCUT2D eigenvalue weighted by atomic mass is 10.0. The van der Waals surface area contributed by atoms with E-state index in [-0.39, 0.29) is 0 Å². The van der Waals surface area contributed by atoms with E-state index in [1.165, 1.54) is 31.2 Å². The molecule has 0 aliphatic heterocycles. The fourth-order valence-electron chi connectivity index (χ4n) is 1.41. The highest BCUT2D eigenvalue weighted by atomic mass is 32.2. The van der Waals surface area contributed by atoms with E-state index in [0.29, 0.717) is 5.25 Å². The van der Waals surface area contributed by atoms with Crippen molar-refractivity contribution in [3.8, 4) is 0 Å². The minimum Gasteiger partial charge on any atom is -0.449 e. The van der Waals surface area contributed by atoms with Crippen molar-refractivity contribution in [1.82, 2.24) is 4.72 Å². The van der Waals surface area contributed by atoms with Crippen LogP contribution in [0.15, 0.2) is 0 Å². The smallest absolute Gasteiger partial charge is 0.449 e.